The molecule has 4 nitrogen and oxygen atoms in total. The summed E-state index contributed by atoms with van der Waals surface area (Å²) in [5.41, 5.74) is 1.20. The molecule has 1 aromatic carbocycles. The summed E-state index contributed by atoms with van der Waals surface area (Å²) in [6.07, 6.45) is 2.47. The minimum Gasteiger partial charge on any atom is -0.391 e. The number of hydrogen-bond donors (Lipinski definition) is 1. The fraction of sp³-hybridized carbons (Fsp3) is 0.200. The van der Waals surface area contributed by atoms with Crippen LogP contribution in [0.4, 0.5) is 5.69 Å². The SMILES string of the molecule is C=CNCCc1ccc([N+](=O)[O-])cc1. The molecule has 0 fully saturated rings. The summed E-state index contributed by atoms with van der Waals surface area (Å²) in [5, 5.41) is 13.3. The first kappa shape index (κ1) is 10.2. The van der Waals surface area contributed by atoms with E-state index in [0.717, 1.165) is 18.5 Å². The molecule has 0 bridgehead atoms. The molecule has 0 spiro atoms. The molecule has 0 aliphatic carbocycles. The number of nitro benzene ring substituents is 1. The van der Waals surface area contributed by atoms with Gasteiger partial charge in [-0.1, -0.05) is 18.7 Å². The smallest absolute Gasteiger partial charge is 0.269 e. The first-order valence-corrected chi connectivity index (χ1v) is 4.31. The van der Waals surface area contributed by atoms with Gasteiger partial charge in [-0.25, -0.2) is 0 Å². The molecule has 14 heavy (non-hydrogen) atoms. The summed E-state index contributed by atoms with van der Waals surface area (Å²) in [6, 6.07) is 6.57. The lowest BCUT2D eigenvalue weighted by atomic mass is 10.1. The third kappa shape index (κ3) is 2.90. The third-order valence-electron chi connectivity index (χ3n) is 1.85. The Kier molecular flexibility index (Phi) is 3.67. The molecule has 1 N–H and O–H groups in total. The minimum atomic E-state index is -0.397. The van der Waals surface area contributed by atoms with Crippen LogP contribution in [-0.2, 0) is 6.42 Å². The molecule has 1 rings (SSSR count). The van der Waals surface area contributed by atoms with Crippen molar-refractivity contribution in [2.24, 2.45) is 0 Å². The summed E-state index contributed by atoms with van der Waals surface area (Å²) >= 11 is 0. The molecule has 0 radical (unpaired) electrons. The average Bonchev–Trinajstić information content (AvgIpc) is 2.19. The summed E-state index contributed by atoms with van der Waals surface area (Å²) in [7, 11) is 0. The predicted molar refractivity (Wildman–Crippen MR) is 55.0 cm³/mol. The Morgan fingerprint density at radius 3 is 2.57 bits per heavy atom. The van der Waals surface area contributed by atoms with Gasteiger partial charge in [-0.05, 0) is 18.2 Å². The van der Waals surface area contributed by atoms with Gasteiger partial charge in [0, 0.05) is 18.7 Å². The molecule has 4 heteroatoms. The molecule has 0 aromatic heterocycles. The van der Waals surface area contributed by atoms with E-state index in [2.05, 4.69) is 11.9 Å². The molecule has 0 atom stereocenters. The van der Waals surface area contributed by atoms with E-state index < -0.39 is 4.92 Å². The van der Waals surface area contributed by atoms with Gasteiger partial charge in [0.2, 0.25) is 0 Å². The van der Waals surface area contributed by atoms with Crippen molar-refractivity contribution in [2.75, 3.05) is 6.54 Å². The molecule has 1 aromatic rings. The molecular formula is C10H12N2O2. The molecule has 0 aliphatic heterocycles. The first-order chi connectivity index (χ1) is 6.74. The Bertz CT molecular complexity index is 319. The zero-order valence-electron chi connectivity index (χ0n) is 7.77. The molecule has 0 amide bonds. The van der Waals surface area contributed by atoms with Gasteiger partial charge < -0.3 is 5.32 Å². The van der Waals surface area contributed by atoms with Crippen LogP contribution in [0.5, 0.6) is 0 Å². The van der Waals surface area contributed by atoms with Crippen molar-refractivity contribution in [1.82, 2.24) is 5.32 Å². The van der Waals surface area contributed by atoms with Crippen LogP contribution in [0.2, 0.25) is 0 Å². The normalized spacial score (nSPS) is 9.43. The fourth-order valence-electron chi connectivity index (χ4n) is 1.10. The van der Waals surface area contributed by atoms with Gasteiger partial charge in [0.25, 0.3) is 5.69 Å². The van der Waals surface area contributed by atoms with Gasteiger partial charge in [-0.2, -0.15) is 0 Å². The van der Waals surface area contributed by atoms with Gasteiger partial charge >= 0.3 is 0 Å². The fourth-order valence-corrected chi connectivity index (χ4v) is 1.10. The average molecular weight is 192 g/mol. The van der Waals surface area contributed by atoms with Crippen LogP contribution in [0.25, 0.3) is 0 Å². The van der Waals surface area contributed by atoms with Crippen LogP contribution in [0, 0.1) is 10.1 Å². The van der Waals surface area contributed by atoms with Gasteiger partial charge in [0.05, 0.1) is 4.92 Å². The maximum atomic E-state index is 10.4. The number of hydrogen-bond acceptors (Lipinski definition) is 3. The number of nitrogens with one attached hydrogen (secondary N) is 1. The van der Waals surface area contributed by atoms with Crippen molar-refractivity contribution in [3.8, 4) is 0 Å². The van der Waals surface area contributed by atoms with E-state index in [1.54, 1.807) is 18.3 Å². The molecule has 0 saturated heterocycles. The zero-order chi connectivity index (χ0) is 10.4. The van der Waals surface area contributed by atoms with Crippen LogP contribution in [0.15, 0.2) is 37.0 Å². The van der Waals surface area contributed by atoms with Crippen LogP contribution in [0.3, 0.4) is 0 Å². The van der Waals surface area contributed by atoms with E-state index in [9.17, 15) is 10.1 Å². The summed E-state index contributed by atoms with van der Waals surface area (Å²) < 4.78 is 0. The van der Waals surface area contributed by atoms with Crippen molar-refractivity contribution >= 4 is 5.69 Å². The zero-order valence-corrected chi connectivity index (χ0v) is 7.77. The second-order valence-electron chi connectivity index (χ2n) is 2.83. The second-order valence-corrected chi connectivity index (χ2v) is 2.83. The second kappa shape index (κ2) is 5.01. The van der Waals surface area contributed by atoms with E-state index in [4.69, 9.17) is 0 Å². The summed E-state index contributed by atoms with van der Waals surface area (Å²) in [6.45, 7) is 4.32. The maximum absolute atomic E-state index is 10.4. The number of nitro groups is 1. The predicted octanol–water partition coefficient (Wildman–Crippen LogP) is 1.87. The van der Waals surface area contributed by atoms with Crippen molar-refractivity contribution in [1.29, 1.82) is 0 Å². The van der Waals surface area contributed by atoms with E-state index in [-0.39, 0.29) is 5.69 Å². The van der Waals surface area contributed by atoms with Crippen molar-refractivity contribution in [2.45, 2.75) is 6.42 Å². The molecule has 0 saturated carbocycles. The van der Waals surface area contributed by atoms with Gasteiger partial charge in [-0.15, -0.1) is 0 Å². The molecule has 0 unspecified atom stereocenters. The van der Waals surface area contributed by atoms with E-state index in [1.807, 2.05) is 0 Å². The van der Waals surface area contributed by atoms with E-state index >= 15 is 0 Å². The lowest BCUT2D eigenvalue weighted by Crippen LogP contribution is -2.08. The Labute approximate surface area is 82.4 Å². The van der Waals surface area contributed by atoms with Crippen molar-refractivity contribution in [3.05, 3.63) is 52.7 Å². The molecule has 0 aliphatic rings. The highest BCUT2D eigenvalue weighted by Gasteiger charge is 2.02. The van der Waals surface area contributed by atoms with Crippen molar-refractivity contribution in [3.63, 3.8) is 0 Å². The number of benzene rings is 1. The van der Waals surface area contributed by atoms with Crippen LogP contribution in [-0.4, -0.2) is 11.5 Å². The standard InChI is InChI=1S/C10H12N2O2/c1-2-11-8-7-9-3-5-10(6-4-9)12(13)14/h2-6,11H,1,7-8H2. The molecule has 0 heterocycles. The highest BCUT2D eigenvalue weighted by molar-refractivity contribution is 5.32. The monoisotopic (exact) mass is 192 g/mol. The van der Waals surface area contributed by atoms with Crippen molar-refractivity contribution < 1.29 is 4.92 Å². The van der Waals surface area contributed by atoms with Gasteiger partial charge in [-0.3, -0.25) is 10.1 Å². The first-order valence-electron chi connectivity index (χ1n) is 4.31. The van der Waals surface area contributed by atoms with E-state index in [1.165, 1.54) is 12.1 Å². The number of rotatable bonds is 5. The lowest BCUT2D eigenvalue weighted by Gasteiger charge is -2.00. The summed E-state index contributed by atoms with van der Waals surface area (Å²) in [4.78, 5) is 9.96. The summed E-state index contributed by atoms with van der Waals surface area (Å²) in [5.74, 6) is 0. The Morgan fingerprint density at radius 1 is 1.43 bits per heavy atom. The molecule has 74 valence electrons. The topological polar surface area (TPSA) is 55.2 Å². The van der Waals surface area contributed by atoms with Crippen LogP contribution >= 0.6 is 0 Å². The Morgan fingerprint density at radius 2 is 2.07 bits per heavy atom. The van der Waals surface area contributed by atoms with Gasteiger partial charge in [0.1, 0.15) is 0 Å². The quantitative estimate of drug-likeness (QED) is 0.440. The third-order valence-corrected chi connectivity index (χ3v) is 1.85. The van der Waals surface area contributed by atoms with Crippen LogP contribution < -0.4 is 5.32 Å². The highest BCUT2D eigenvalue weighted by atomic mass is 16.6. The van der Waals surface area contributed by atoms with Gasteiger partial charge in [0.15, 0.2) is 0 Å². The highest BCUT2D eigenvalue weighted by Crippen LogP contribution is 2.11. The number of non-ortho nitro benzene ring substituents is 1. The molecular weight excluding hydrogens is 180 g/mol. The Balaban J connectivity index is 2.55. The maximum Gasteiger partial charge on any atom is 0.269 e. The van der Waals surface area contributed by atoms with Crippen LogP contribution in [0.1, 0.15) is 5.56 Å². The lowest BCUT2D eigenvalue weighted by molar-refractivity contribution is -0.384. The number of nitrogens with zero attached hydrogens (tertiary/aromatic N) is 1. The largest absolute Gasteiger partial charge is 0.391 e. The Hall–Kier alpha value is -1.84. The van der Waals surface area contributed by atoms with E-state index in [0.29, 0.717) is 0 Å². The minimum absolute atomic E-state index is 0.130.